The zero-order valence-electron chi connectivity index (χ0n) is 10.4. The van der Waals surface area contributed by atoms with Gasteiger partial charge in [0.25, 0.3) is 0 Å². The number of hydrogen-bond acceptors (Lipinski definition) is 4. The summed E-state index contributed by atoms with van der Waals surface area (Å²) in [5.41, 5.74) is 6.65. The van der Waals surface area contributed by atoms with Crippen LogP contribution in [0.25, 0.3) is 0 Å². The van der Waals surface area contributed by atoms with Crippen LogP contribution < -0.4 is 11.2 Å². The maximum atomic E-state index is 11.6. The van der Waals surface area contributed by atoms with E-state index in [2.05, 4.69) is 4.98 Å². The van der Waals surface area contributed by atoms with E-state index in [1.807, 2.05) is 20.8 Å². The molecule has 0 saturated heterocycles. The first-order valence-electron chi connectivity index (χ1n) is 5.46. The molecule has 2 radical (unpaired) electrons. The zero-order valence-corrected chi connectivity index (χ0v) is 10.4. The predicted octanol–water partition coefficient (Wildman–Crippen LogP) is 0.607. The summed E-state index contributed by atoms with van der Waals surface area (Å²) in [5, 5.41) is 0. The van der Waals surface area contributed by atoms with Crippen molar-refractivity contribution >= 4 is 19.3 Å². The van der Waals surface area contributed by atoms with Crippen molar-refractivity contribution in [3.05, 3.63) is 24.0 Å². The molecule has 0 amide bonds. The Morgan fingerprint density at radius 3 is 2.71 bits per heavy atom. The van der Waals surface area contributed by atoms with Crippen LogP contribution in [0.3, 0.4) is 0 Å². The second kappa shape index (κ2) is 5.32. The molecule has 0 spiro atoms. The molecule has 4 nitrogen and oxygen atoms in total. The molecule has 0 bridgehead atoms. The van der Waals surface area contributed by atoms with Gasteiger partial charge in [-0.05, 0) is 26.3 Å². The SMILES string of the molecule is [B]c1cncc([C@@H](N)CC(=O)OC(C)(C)C)c1. The lowest BCUT2D eigenvalue weighted by Crippen LogP contribution is -2.27. The molecule has 90 valence electrons. The van der Waals surface area contributed by atoms with Gasteiger partial charge in [-0.15, -0.1) is 0 Å². The van der Waals surface area contributed by atoms with Crippen molar-refractivity contribution in [2.45, 2.75) is 38.8 Å². The fraction of sp³-hybridized carbons (Fsp3) is 0.500. The maximum Gasteiger partial charge on any atom is 0.308 e. The van der Waals surface area contributed by atoms with Gasteiger partial charge >= 0.3 is 5.97 Å². The second-order valence-corrected chi connectivity index (χ2v) is 4.95. The normalized spacial score (nSPS) is 13.2. The largest absolute Gasteiger partial charge is 0.460 e. The van der Waals surface area contributed by atoms with E-state index in [0.717, 1.165) is 5.56 Å². The third-order valence-electron chi connectivity index (χ3n) is 2.02. The number of pyridine rings is 1. The van der Waals surface area contributed by atoms with Gasteiger partial charge in [0, 0.05) is 18.4 Å². The standard InChI is InChI=1S/C12H17BN2O2/c1-12(2,3)17-11(16)5-10(14)8-4-9(13)7-15-6-8/h4,6-7,10H,5,14H2,1-3H3/t10-/m0/s1. The van der Waals surface area contributed by atoms with Gasteiger partial charge < -0.3 is 10.5 Å². The molecule has 0 aliphatic carbocycles. The number of hydrogen-bond donors (Lipinski definition) is 1. The van der Waals surface area contributed by atoms with Gasteiger partial charge in [-0.2, -0.15) is 0 Å². The lowest BCUT2D eigenvalue weighted by molar-refractivity contribution is -0.155. The zero-order chi connectivity index (χ0) is 13.1. The molecule has 0 aliphatic heterocycles. The Morgan fingerprint density at radius 2 is 2.18 bits per heavy atom. The van der Waals surface area contributed by atoms with Gasteiger partial charge in [0.1, 0.15) is 13.4 Å². The molecule has 1 aromatic rings. The number of esters is 1. The van der Waals surface area contributed by atoms with Gasteiger partial charge in [0.05, 0.1) is 6.42 Å². The number of ether oxygens (including phenoxy) is 1. The third-order valence-corrected chi connectivity index (χ3v) is 2.02. The number of nitrogens with two attached hydrogens (primary N) is 1. The first kappa shape index (κ1) is 13.7. The van der Waals surface area contributed by atoms with Crippen molar-refractivity contribution in [2.24, 2.45) is 5.73 Å². The molecule has 1 aromatic heterocycles. The fourth-order valence-electron chi connectivity index (χ4n) is 1.36. The number of rotatable bonds is 3. The van der Waals surface area contributed by atoms with Crippen molar-refractivity contribution < 1.29 is 9.53 Å². The van der Waals surface area contributed by atoms with Crippen LogP contribution in [0.15, 0.2) is 18.5 Å². The Balaban J connectivity index is 2.61. The predicted molar refractivity (Wildman–Crippen MR) is 67.0 cm³/mol. The van der Waals surface area contributed by atoms with Crippen molar-refractivity contribution in [2.75, 3.05) is 0 Å². The molecule has 17 heavy (non-hydrogen) atoms. The quantitative estimate of drug-likeness (QED) is 0.612. The van der Waals surface area contributed by atoms with E-state index in [1.165, 1.54) is 6.20 Å². The van der Waals surface area contributed by atoms with Crippen LogP contribution in [0.5, 0.6) is 0 Å². The van der Waals surface area contributed by atoms with Crippen molar-refractivity contribution in [3.63, 3.8) is 0 Å². The van der Waals surface area contributed by atoms with Gasteiger partial charge in [0.15, 0.2) is 0 Å². The van der Waals surface area contributed by atoms with Crippen molar-refractivity contribution in [3.8, 4) is 0 Å². The molecule has 1 rings (SSSR count). The number of nitrogens with zero attached hydrogens (tertiary/aromatic N) is 1. The Morgan fingerprint density at radius 1 is 1.53 bits per heavy atom. The minimum absolute atomic E-state index is 0.113. The first-order chi connectivity index (χ1) is 7.78. The van der Waals surface area contributed by atoms with Gasteiger partial charge in [0.2, 0.25) is 0 Å². The summed E-state index contributed by atoms with van der Waals surface area (Å²) >= 11 is 0. The summed E-state index contributed by atoms with van der Waals surface area (Å²) in [6.07, 6.45) is 3.25. The molecule has 5 heteroatoms. The number of carbonyl (C=O) groups is 1. The highest BCUT2D eigenvalue weighted by Gasteiger charge is 2.19. The van der Waals surface area contributed by atoms with Crippen LogP contribution in [-0.2, 0) is 9.53 Å². The van der Waals surface area contributed by atoms with Gasteiger partial charge in [-0.3, -0.25) is 9.78 Å². The molecule has 0 aromatic carbocycles. The molecular weight excluding hydrogens is 215 g/mol. The first-order valence-corrected chi connectivity index (χ1v) is 5.46. The Kier molecular flexibility index (Phi) is 4.29. The van der Waals surface area contributed by atoms with Crippen molar-refractivity contribution in [1.82, 2.24) is 4.98 Å². The average Bonchev–Trinajstić information content (AvgIpc) is 2.14. The molecule has 2 N–H and O–H groups in total. The summed E-state index contributed by atoms with van der Waals surface area (Å²) in [6.45, 7) is 5.45. The van der Waals surface area contributed by atoms with Crippen LogP contribution in [-0.4, -0.2) is 24.4 Å². The minimum Gasteiger partial charge on any atom is -0.460 e. The Bertz CT molecular complexity index is 402. The highest BCUT2D eigenvalue weighted by molar-refractivity contribution is 6.32. The summed E-state index contributed by atoms with van der Waals surface area (Å²) in [6, 6.07) is 1.27. The summed E-state index contributed by atoms with van der Waals surface area (Å²) in [7, 11) is 5.59. The Labute approximate surface area is 103 Å². The Hall–Kier alpha value is -1.36. The molecule has 1 heterocycles. The molecule has 1 atom stereocenters. The van der Waals surface area contributed by atoms with E-state index >= 15 is 0 Å². The van der Waals surface area contributed by atoms with Gasteiger partial charge in [-0.25, -0.2) is 0 Å². The van der Waals surface area contributed by atoms with E-state index in [-0.39, 0.29) is 12.4 Å². The van der Waals surface area contributed by atoms with E-state index in [0.29, 0.717) is 5.46 Å². The third kappa shape index (κ3) is 5.00. The molecule has 0 fully saturated rings. The molecule has 0 saturated carbocycles. The van der Waals surface area contributed by atoms with E-state index < -0.39 is 11.6 Å². The topological polar surface area (TPSA) is 65.2 Å². The van der Waals surface area contributed by atoms with Crippen LogP contribution in [0.1, 0.15) is 38.8 Å². The van der Waals surface area contributed by atoms with E-state index in [1.54, 1.807) is 12.3 Å². The van der Waals surface area contributed by atoms with Gasteiger partial charge in [-0.1, -0.05) is 11.5 Å². The van der Waals surface area contributed by atoms with Crippen molar-refractivity contribution in [1.29, 1.82) is 0 Å². The summed E-state index contributed by atoms with van der Waals surface area (Å²) in [4.78, 5) is 15.5. The highest BCUT2D eigenvalue weighted by Crippen LogP contribution is 2.15. The smallest absolute Gasteiger partial charge is 0.308 e. The highest BCUT2D eigenvalue weighted by atomic mass is 16.6. The monoisotopic (exact) mass is 232 g/mol. The van der Waals surface area contributed by atoms with E-state index in [9.17, 15) is 4.79 Å². The minimum atomic E-state index is -0.495. The molecular formula is C12H17BN2O2. The number of aromatic nitrogens is 1. The average molecular weight is 232 g/mol. The van der Waals surface area contributed by atoms with E-state index in [4.69, 9.17) is 18.3 Å². The van der Waals surface area contributed by atoms with Crippen LogP contribution >= 0.6 is 0 Å². The number of carbonyl (C=O) groups excluding carboxylic acids is 1. The lowest BCUT2D eigenvalue weighted by Gasteiger charge is -2.21. The molecule has 0 unspecified atom stereocenters. The maximum absolute atomic E-state index is 11.6. The van der Waals surface area contributed by atoms with Crippen LogP contribution in [0.2, 0.25) is 0 Å². The summed E-state index contributed by atoms with van der Waals surface area (Å²) < 4.78 is 5.19. The van der Waals surface area contributed by atoms with Crippen LogP contribution in [0.4, 0.5) is 0 Å². The second-order valence-electron chi connectivity index (χ2n) is 4.95. The summed E-state index contributed by atoms with van der Waals surface area (Å²) in [5.74, 6) is -0.326. The lowest BCUT2D eigenvalue weighted by atomic mass is 9.95. The molecule has 0 aliphatic rings. The fourth-order valence-corrected chi connectivity index (χ4v) is 1.36. The van der Waals surface area contributed by atoms with Crippen LogP contribution in [0, 0.1) is 0 Å².